The lowest BCUT2D eigenvalue weighted by Crippen LogP contribution is -2.38. The van der Waals surface area contributed by atoms with Crippen molar-refractivity contribution in [3.8, 4) is 0 Å². The van der Waals surface area contributed by atoms with Crippen LogP contribution in [-0.2, 0) is 11.3 Å². The molecular weight excluding hydrogens is 294 g/mol. The van der Waals surface area contributed by atoms with E-state index in [1.807, 2.05) is 28.8 Å². The van der Waals surface area contributed by atoms with Gasteiger partial charge in [-0.05, 0) is 30.7 Å². The number of benzene rings is 1. The molecule has 1 aliphatic carbocycles. The third-order valence-corrected chi connectivity index (χ3v) is 5.02. The predicted molar refractivity (Wildman–Crippen MR) is 91.1 cm³/mol. The van der Waals surface area contributed by atoms with Crippen molar-refractivity contribution in [2.45, 2.75) is 56.8 Å². The maximum absolute atomic E-state index is 12.4. The van der Waals surface area contributed by atoms with E-state index in [0.29, 0.717) is 12.6 Å². The average Bonchev–Trinajstić information content (AvgIpc) is 2.86. The van der Waals surface area contributed by atoms with Gasteiger partial charge in [0.15, 0.2) is 5.16 Å². The topological polar surface area (TPSA) is 46.9 Å². The highest BCUT2D eigenvalue weighted by molar-refractivity contribution is 7.99. The van der Waals surface area contributed by atoms with E-state index in [4.69, 9.17) is 0 Å². The van der Waals surface area contributed by atoms with Gasteiger partial charge in [-0.3, -0.25) is 4.79 Å². The number of nitrogens with one attached hydrogen (secondary N) is 1. The number of carbonyl (C=O) groups is 1. The quantitative estimate of drug-likeness (QED) is 0.857. The molecule has 3 rings (SSSR count). The number of para-hydroxylation sites is 2. The van der Waals surface area contributed by atoms with E-state index in [-0.39, 0.29) is 5.91 Å². The van der Waals surface area contributed by atoms with Gasteiger partial charge in [0.1, 0.15) is 6.54 Å². The molecule has 0 bridgehead atoms. The largest absolute Gasteiger partial charge is 0.352 e. The van der Waals surface area contributed by atoms with Crippen molar-refractivity contribution in [3.63, 3.8) is 0 Å². The number of thioether (sulfide) groups is 1. The number of fused-ring (bicyclic) bond motifs is 1. The lowest BCUT2D eigenvalue weighted by atomic mass is 9.95. The first-order valence-electron chi connectivity index (χ1n) is 8.15. The van der Waals surface area contributed by atoms with Crippen LogP contribution in [0.1, 0.15) is 39.0 Å². The molecule has 1 amide bonds. The van der Waals surface area contributed by atoms with Crippen molar-refractivity contribution < 1.29 is 4.79 Å². The maximum atomic E-state index is 12.4. The van der Waals surface area contributed by atoms with Crippen molar-refractivity contribution >= 4 is 28.7 Å². The molecule has 0 saturated heterocycles. The summed E-state index contributed by atoms with van der Waals surface area (Å²) >= 11 is 1.69. The Bertz CT molecular complexity index is 646. The first-order chi connectivity index (χ1) is 10.8. The summed E-state index contributed by atoms with van der Waals surface area (Å²) in [4.78, 5) is 17.1. The number of nitrogens with zero attached hydrogens (tertiary/aromatic N) is 2. The van der Waals surface area contributed by atoms with Crippen LogP contribution in [0.15, 0.2) is 29.4 Å². The van der Waals surface area contributed by atoms with Crippen molar-refractivity contribution in [1.82, 2.24) is 14.9 Å². The summed E-state index contributed by atoms with van der Waals surface area (Å²) in [6.45, 7) is 2.47. The summed E-state index contributed by atoms with van der Waals surface area (Å²) < 4.78 is 2.04. The molecule has 1 aliphatic rings. The van der Waals surface area contributed by atoms with Crippen LogP contribution in [0.3, 0.4) is 0 Å². The second-order valence-electron chi connectivity index (χ2n) is 5.80. The minimum atomic E-state index is 0.105. The van der Waals surface area contributed by atoms with E-state index in [9.17, 15) is 4.79 Å². The first kappa shape index (κ1) is 15.4. The molecule has 0 unspecified atom stereocenters. The summed E-state index contributed by atoms with van der Waals surface area (Å²) in [5, 5.41) is 4.13. The molecular formula is C17H23N3OS. The molecule has 0 atom stereocenters. The number of hydrogen-bond acceptors (Lipinski definition) is 3. The molecule has 5 heteroatoms. The van der Waals surface area contributed by atoms with Gasteiger partial charge in [-0.25, -0.2) is 4.98 Å². The van der Waals surface area contributed by atoms with Gasteiger partial charge in [-0.2, -0.15) is 0 Å². The zero-order valence-corrected chi connectivity index (χ0v) is 13.9. The van der Waals surface area contributed by atoms with Gasteiger partial charge in [0.2, 0.25) is 5.91 Å². The molecule has 0 spiro atoms. The Morgan fingerprint density at radius 1 is 1.32 bits per heavy atom. The summed E-state index contributed by atoms with van der Waals surface area (Å²) in [6, 6.07) is 8.39. The minimum Gasteiger partial charge on any atom is -0.352 e. The number of carbonyl (C=O) groups excluding carboxylic acids is 1. The van der Waals surface area contributed by atoms with E-state index >= 15 is 0 Å². The molecule has 1 aromatic carbocycles. The number of aromatic nitrogens is 2. The van der Waals surface area contributed by atoms with Crippen LogP contribution in [0.25, 0.3) is 11.0 Å². The Balaban J connectivity index is 1.76. The Kier molecular flexibility index (Phi) is 5.03. The summed E-state index contributed by atoms with van der Waals surface area (Å²) in [6.07, 6.45) is 6.00. The van der Waals surface area contributed by atoms with Crippen molar-refractivity contribution in [2.24, 2.45) is 0 Å². The number of imidazole rings is 1. The number of amides is 1. The van der Waals surface area contributed by atoms with Crippen LogP contribution >= 0.6 is 11.8 Å². The van der Waals surface area contributed by atoms with Crippen molar-refractivity contribution in [3.05, 3.63) is 24.3 Å². The normalized spacial score (nSPS) is 16.0. The molecule has 1 heterocycles. The Hall–Kier alpha value is -1.49. The smallest absolute Gasteiger partial charge is 0.240 e. The monoisotopic (exact) mass is 317 g/mol. The predicted octanol–water partition coefficient (Wildman–Crippen LogP) is 3.60. The lowest BCUT2D eigenvalue weighted by Gasteiger charge is -2.23. The highest BCUT2D eigenvalue weighted by Crippen LogP contribution is 2.24. The Morgan fingerprint density at radius 3 is 2.86 bits per heavy atom. The fourth-order valence-electron chi connectivity index (χ4n) is 3.11. The van der Waals surface area contributed by atoms with Crippen LogP contribution in [0.2, 0.25) is 0 Å². The van der Waals surface area contributed by atoms with E-state index < -0.39 is 0 Å². The minimum absolute atomic E-state index is 0.105. The van der Waals surface area contributed by atoms with Gasteiger partial charge in [-0.1, -0.05) is 50.1 Å². The Labute approximate surface area is 135 Å². The van der Waals surface area contributed by atoms with Gasteiger partial charge in [0.25, 0.3) is 0 Å². The van der Waals surface area contributed by atoms with Gasteiger partial charge < -0.3 is 9.88 Å². The van der Waals surface area contributed by atoms with Gasteiger partial charge in [0, 0.05) is 6.04 Å². The standard InChI is InChI=1S/C17H23N3OS/c1-2-22-17-19-14-10-6-7-11-15(14)20(17)12-16(21)18-13-8-4-3-5-9-13/h6-7,10-11,13H,2-5,8-9,12H2,1H3,(H,18,21). The zero-order chi connectivity index (χ0) is 15.4. The van der Waals surface area contributed by atoms with Gasteiger partial charge >= 0.3 is 0 Å². The average molecular weight is 317 g/mol. The van der Waals surface area contributed by atoms with Gasteiger partial charge in [0.05, 0.1) is 11.0 Å². The Morgan fingerprint density at radius 2 is 2.09 bits per heavy atom. The molecule has 1 aromatic heterocycles. The molecule has 22 heavy (non-hydrogen) atoms. The highest BCUT2D eigenvalue weighted by atomic mass is 32.2. The third kappa shape index (κ3) is 3.46. The molecule has 1 fully saturated rings. The molecule has 4 nitrogen and oxygen atoms in total. The lowest BCUT2D eigenvalue weighted by molar-refractivity contribution is -0.122. The van der Waals surface area contributed by atoms with Crippen molar-refractivity contribution in [1.29, 1.82) is 0 Å². The fourth-order valence-corrected chi connectivity index (χ4v) is 3.85. The van der Waals surface area contributed by atoms with Gasteiger partial charge in [-0.15, -0.1) is 0 Å². The fraction of sp³-hybridized carbons (Fsp3) is 0.529. The molecule has 2 aromatic rings. The highest BCUT2D eigenvalue weighted by Gasteiger charge is 2.18. The van der Waals surface area contributed by atoms with Crippen LogP contribution < -0.4 is 5.32 Å². The molecule has 1 N–H and O–H groups in total. The first-order valence-corrected chi connectivity index (χ1v) is 9.14. The third-order valence-electron chi connectivity index (χ3n) is 4.16. The second-order valence-corrected chi connectivity index (χ2v) is 7.04. The second kappa shape index (κ2) is 7.18. The van der Waals surface area contributed by atoms with Crippen molar-refractivity contribution in [2.75, 3.05) is 5.75 Å². The van der Waals surface area contributed by atoms with E-state index in [2.05, 4.69) is 17.2 Å². The zero-order valence-electron chi connectivity index (χ0n) is 13.0. The van der Waals surface area contributed by atoms with Crippen LogP contribution in [0, 0.1) is 0 Å². The molecule has 0 radical (unpaired) electrons. The molecule has 1 saturated carbocycles. The van der Waals surface area contributed by atoms with Crippen LogP contribution in [0.5, 0.6) is 0 Å². The number of rotatable bonds is 5. The SMILES string of the molecule is CCSc1nc2ccccc2n1CC(=O)NC1CCCCC1. The molecule has 0 aliphatic heterocycles. The van der Waals surface area contributed by atoms with E-state index in [1.54, 1.807) is 11.8 Å². The maximum Gasteiger partial charge on any atom is 0.240 e. The summed E-state index contributed by atoms with van der Waals surface area (Å²) in [5.41, 5.74) is 2.00. The number of hydrogen-bond donors (Lipinski definition) is 1. The van der Waals surface area contributed by atoms with E-state index in [0.717, 1.165) is 34.8 Å². The molecule has 118 valence electrons. The van der Waals surface area contributed by atoms with Crippen LogP contribution in [0.4, 0.5) is 0 Å². The summed E-state index contributed by atoms with van der Waals surface area (Å²) in [7, 11) is 0. The van der Waals surface area contributed by atoms with Crippen LogP contribution in [-0.4, -0.2) is 27.3 Å². The van der Waals surface area contributed by atoms with E-state index in [1.165, 1.54) is 19.3 Å². The summed E-state index contributed by atoms with van der Waals surface area (Å²) in [5.74, 6) is 1.06.